The van der Waals surface area contributed by atoms with Crippen molar-refractivity contribution in [1.29, 1.82) is 5.26 Å². The van der Waals surface area contributed by atoms with E-state index in [4.69, 9.17) is 10.00 Å². The van der Waals surface area contributed by atoms with Crippen molar-refractivity contribution in [2.75, 3.05) is 5.32 Å². The van der Waals surface area contributed by atoms with E-state index in [2.05, 4.69) is 15.8 Å². The molecule has 0 aliphatic carbocycles. The number of nitrogens with zero attached hydrogens (tertiary/aromatic N) is 2. The minimum Gasteiger partial charge on any atom is -0.410 e. The number of nitrogens with one attached hydrogen (secondary N) is 1. The molecule has 1 heterocycles. The molecule has 1 aromatic heterocycles. The third-order valence-corrected chi connectivity index (χ3v) is 3.33. The zero-order chi connectivity index (χ0) is 14.4. The normalized spacial score (nSPS) is 9.80. The van der Waals surface area contributed by atoms with Gasteiger partial charge in [-0.1, -0.05) is 31.5 Å². The van der Waals surface area contributed by atoms with Gasteiger partial charge in [0.15, 0.2) is 0 Å². The largest absolute Gasteiger partial charge is 0.417 e. The molecule has 0 aliphatic rings. The molecule has 0 atom stereocenters. The second-order valence-corrected chi connectivity index (χ2v) is 4.80. The predicted octanol–water partition coefficient (Wildman–Crippen LogP) is 3.58. The summed E-state index contributed by atoms with van der Waals surface area (Å²) in [6, 6.07) is 10.8. The Morgan fingerprint density at radius 3 is 2.85 bits per heavy atom. The van der Waals surface area contributed by atoms with Crippen LogP contribution in [0.5, 0.6) is 5.75 Å². The molecule has 1 amide bonds. The number of carbonyl (C=O) groups excluding carboxylic acids is 1. The van der Waals surface area contributed by atoms with Gasteiger partial charge in [-0.2, -0.15) is 9.64 Å². The van der Waals surface area contributed by atoms with Crippen LogP contribution < -0.4 is 10.1 Å². The highest BCUT2D eigenvalue weighted by Gasteiger charge is 2.16. The molecule has 2 aromatic rings. The van der Waals surface area contributed by atoms with Gasteiger partial charge in [-0.3, -0.25) is 5.32 Å². The highest BCUT2D eigenvalue weighted by molar-refractivity contribution is 7.10. The Balaban J connectivity index is 2.07. The summed E-state index contributed by atoms with van der Waals surface area (Å²) < 4.78 is 9.29. The summed E-state index contributed by atoms with van der Waals surface area (Å²) in [7, 11) is 0. The standard InChI is InChI=1S/C14H13N3O2S/c1-2-6-12-11(9-15)13(20-17-12)16-14(18)19-10-7-4-3-5-8-10/h3-5,7-8H,2,6H2,1H3,(H,16,18). The molecule has 0 saturated heterocycles. The van der Waals surface area contributed by atoms with Crippen molar-refractivity contribution in [2.45, 2.75) is 19.8 Å². The fourth-order valence-electron chi connectivity index (χ4n) is 1.64. The van der Waals surface area contributed by atoms with Gasteiger partial charge in [0, 0.05) is 0 Å². The molecule has 6 heteroatoms. The molecule has 1 N–H and O–H groups in total. The van der Waals surface area contributed by atoms with E-state index in [-0.39, 0.29) is 0 Å². The second kappa shape index (κ2) is 6.68. The van der Waals surface area contributed by atoms with Crippen LogP contribution in [0.3, 0.4) is 0 Å². The van der Waals surface area contributed by atoms with Crippen molar-refractivity contribution in [3.63, 3.8) is 0 Å². The third kappa shape index (κ3) is 3.33. The molecule has 0 saturated carbocycles. The van der Waals surface area contributed by atoms with Crippen LogP contribution in [0.2, 0.25) is 0 Å². The summed E-state index contributed by atoms with van der Waals surface area (Å²) in [5, 5.41) is 12.1. The van der Waals surface area contributed by atoms with Crippen LogP contribution in [0.15, 0.2) is 30.3 Å². The summed E-state index contributed by atoms with van der Waals surface area (Å²) >= 11 is 1.10. The predicted molar refractivity (Wildman–Crippen MR) is 76.9 cm³/mol. The summed E-state index contributed by atoms with van der Waals surface area (Å²) in [5.74, 6) is 0.446. The van der Waals surface area contributed by atoms with Crippen molar-refractivity contribution in [1.82, 2.24) is 4.37 Å². The molecule has 0 bridgehead atoms. The van der Waals surface area contributed by atoms with Crippen molar-refractivity contribution in [3.05, 3.63) is 41.6 Å². The first-order valence-electron chi connectivity index (χ1n) is 6.17. The molecule has 20 heavy (non-hydrogen) atoms. The number of benzene rings is 1. The zero-order valence-corrected chi connectivity index (χ0v) is 11.7. The fourth-order valence-corrected chi connectivity index (χ4v) is 2.41. The van der Waals surface area contributed by atoms with E-state index < -0.39 is 6.09 Å². The molecular formula is C14H13N3O2S. The quantitative estimate of drug-likeness (QED) is 0.932. The van der Waals surface area contributed by atoms with Gasteiger partial charge in [0.2, 0.25) is 0 Å². The van der Waals surface area contributed by atoms with Gasteiger partial charge in [-0.05, 0) is 30.1 Å². The van der Waals surface area contributed by atoms with Crippen LogP contribution in [0.1, 0.15) is 24.6 Å². The maximum atomic E-state index is 11.8. The van der Waals surface area contributed by atoms with Crippen molar-refractivity contribution in [2.24, 2.45) is 0 Å². The lowest BCUT2D eigenvalue weighted by atomic mass is 10.2. The van der Waals surface area contributed by atoms with Gasteiger partial charge < -0.3 is 4.74 Å². The number of para-hydroxylation sites is 1. The average molecular weight is 287 g/mol. The number of aromatic nitrogens is 1. The average Bonchev–Trinajstić information content (AvgIpc) is 2.82. The number of ether oxygens (including phenoxy) is 1. The number of anilines is 1. The first-order chi connectivity index (χ1) is 9.74. The van der Waals surface area contributed by atoms with Crippen LogP contribution in [0.4, 0.5) is 9.80 Å². The van der Waals surface area contributed by atoms with Crippen LogP contribution in [0.25, 0.3) is 0 Å². The lowest BCUT2D eigenvalue weighted by molar-refractivity contribution is 0.215. The van der Waals surface area contributed by atoms with Gasteiger partial charge in [0.25, 0.3) is 0 Å². The molecule has 2 rings (SSSR count). The van der Waals surface area contributed by atoms with Gasteiger partial charge in [0.05, 0.1) is 5.69 Å². The van der Waals surface area contributed by atoms with Crippen LogP contribution >= 0.6 is 11.5 Å². The first kappa shape index (κ1) is 14.0. The summed E-state index contributed by atoms with van der Waals surface area (Å²) in [5.41, 5.74) is 1.14. The summed E-state index contributed by atoms with van der Waals surface area (Å²) in [6.07, 6.45) is 0.987. The number of carbonyl (C=O) groups is 1. The van der Waals surface area contributed by atoms with Crippen LogP contribution in [-0.2, 0) is 6.42 Å². The van der Waals surface area contributed by atoms with E-state index in [0.29, 0.717) is 16.3 Å². The molecule has 0 aliphatic heterocycles. The third-order valence-electron chi connectivity index (χ3n) is 2.53. The molecule has 5 nitrogen and oxygen atoms in total. The fraction of sp³-hybridized carbons (Fsp3) is 0.214. The molecular weight excluding hydrogens is 274 g/mol. The number of nitriles is 1. The maximum absolute atomic E-state index is 11.8. The Morgan fingerprint density at radius 1 is 1.45 bits per heavy atom. The SMILES string of the molecule is CCCc1nsc(NC(=O)Oc2ccccc2)c1C#N. The molecule has 102 valence electrons. The Labute approximate surface area is 121 Å². The summed E-state index contributed by atoms with van der Waals surface area (Å²) in [6.45, 7) is 2.01. The number of rotatable bonds is 4. The Bertz CT molecular complexity index is 632. The van der Waals surface area contributed by atoms with Crippen molar-refractivity contribution >= 4 is 22.6 Å². The molecule has 0 radical (unpaired) electrons. The lowest BCUT2D eigenvalue weighted by Crippen LogP contribution is -2.16. The molecule has 0 unspecified atom stereocenters. The smallest absolute Gasteiger partial charge is 0.410 e. The van der Waals surface area contributed by atoms with E-state index in [0.717, 1.165) is 30.1 Å². The van der Waals surface area contributed by atoms with E-state index in [1.807, 2.05) is 13.0 Å². The minimum absolute atomic E-state index is 0.418. The minimum atomic E-state index is -0.626. The van der Waals surface area contributed by atoms with Gasteiger partial charge >= 0.3 is 6.09 Å². The molecule has 0 fully saturated rings. The Morgan fingerprint density at radius 2 is 2.20 bits per heavy atom. The first-order valence-corrected chi connectivity index (χ1v) is 6.94. The van der Waals surface area contributed by atoms with E-state index in [1.54, 1.807) is 24.3 Å². The van der Waals surface area contributed by atoms with Crippen LogP contribution in [0, 0.1) is 11.3 Å². The number of aryl methyl sites for hydroxylation is 1. The van der Waals surface area contributed by atoms with E-state index >= 15 is 0 Å². The highest BCUT2D eigenvalue weighted by atomic mass is 32.1. The monoisotopic (exact) mass is 287 g/mol. The van der Waals surface area contributed by atoms with Gasteiger partial charge in [0.1, 0.15) is 22.4 Å². The number of amides is 1. The van der Waals surface area contributed by atoms with Crippen LogP contribution in [-0.4, -0.2) is 10.5 Å². The van der Waals surface area contributed by atoms with E-state index in [9.17, 15) is 4.79 Å². The number of hydrogen-bond acceptors (Lipinski definition) is 5. The van der Waals surface area contributed by atoms with Gasteiger partial charge in [-0.15, -0.1) is 0 Å². The Kier molecular flexibility index (Phi) is 4.69. The zero-order valence-electron chi connectivity index (χ0n) is 10.9. The topological polar surface area (TPSA) is 75.0 Å². The van der Waals surface area contributed by atoms with Gasteiger partial charge in [-0.25, -0.2) is 4.79 Å². The van der Waals surface area contributed by atoms with Crippen molar-refractivity contribution < 1.29 is 9.53 Å². The second-order valence-electron chi connectivity index (χ2n) is 4.02. The number of hydrogen-bond donors (Lipinski definition) is 1. The highest BCUT2D eigenvalue weighted by Crippen LogP contribution is 2.25. The lowest BCUT2D eigenvalue weighted by Gasteiger charge is -2.04. The molecule has 0 spiro atoms. The summed E-state index contributed by atoms with van der Waals surface area (Å²) in [4.78, 5) is 11.8. The maximum Gasteiger partial charge on any atom is 0.417 e. The van der Waals surface area contributed by atoms with Crippen molar-refractivity contribution in [3.8, 4) is 11.8 Å². The Hall–Kier alpha value is -2.39. The molecule has 1 aromatic carbocycles. The van der Waals surface area contributed by atoms with E-state index in [1.165, 1.54) is 0 Å².